The van der Waals surface area contributed by atoms with E-state index < -0.39 is 11.6 Å². The number of likely N-dealkylation sites (tertiary alicyclic amines) is 1. The van der Waals surface area contributed by atoms with Crippen LogP contribution < -0.4 is 0 Å². The number of halogens is 2. The molecule has 1 aliphatic heterocycles. The van der Waals surface area contributed by atoms with Crippen LogP contribution in [-0.2, 0) is 0 Å². The van der Waals surface area contributed by atoms with Gasteiger partial charge >= 0.3 is 0 Å². The molecule has 1 aliphatic rings. The highest BCUT2D eigenvalue weighted by atomic mass is 19.1. The van der Waals surface area contributed by atoms with E-state index >= 15 is 0 Å². The van der Waals surface area contributed by atoms with Gasteiger partial charge in [-0.3, -0.25) is 4.90 Å². The molecule has 0 bridgehead atoms. The van der Waals surface area contributed by atoms with Gasteiger partial charge < -0.3 is 0 Å². The Kier molecular flexibility index (Phi) is 4.24. The summed E-state index contributed by atoms with van der Waals surface area (Å²) in [6.45, 7) is 8.68. The standard InChI is InChI=1S/C16H23F2N/c1-16(2,3)19-9-4-5-12(8-10-19)14-7-6-13(17)11-15(14)18/h6-7,11-12H,4-5,8-10H2,1-3H3. The monoisotopic (exact) mass is 267 g/mol. The number of hydrogen-bond acceptors (Lipinski definition) is 1. The Balaban J connectivity index is 2.11. The van der Waals surface area contributed by atoms with Gasteiger partial charge in [-0.2, -0.15) is 0 Å². The lowest BCUT2D eigenvalue weighted by molar-refractivity contribution is 0.142. The third-order valence-corrected chi connectivity index (χ3v) is 4.08. The summed E-state index contributed by atoms with van der Waals surface area (Å²) in [6.07, 6.45) is 2.99. The van der Waals surface area contributed by atoms with Crippen molar-refractivity contribution in [1.29, 1.82) is 0 Å². The van der Waals surface area contributed by atoms with Crippen LogP contribution in [0.5, 0.6) is 0 Å². The normalized spacial score (nSPS) is 22.3. The second-order valence-corrected chi connectivity index (χ2v) is 6.45. The van der Waals surface area contributed by atoms with E-state index in [0.717, 1.165) is 38.4 Å². The van der Waals surface area contributed by atoms with Crippen molar-refractivity contribution in [3.05, 3.63) is 35.4 Å². The van der Waals surface area contributed by atoms with Crippen molar-refractivity contribution in [3.63, 3.8) is 0 Å². The molecule has 0 spiro atoms. The maximum atomic E-state index is 13.8. The Morgan fingerprint density at radius 1 is 1.11 bits per heavy atom. The largest absolute Gasteiger partial charge is 0.298 e. The van der Waals surface area contributed by atoms with Crippen molar-refractivity contribution < 1.29 is 8.78 Å². The highest BCUT2D eigenvalue weighted by Crippen LogP contribution is 2.32. The van der Waals surface area contributed by atoms with Gasteiger partial charge in [-0.25, -0.2) is 8.78 Å². The minimum atomic E-state index is -0.494. The minimum absolute atomic E-state index is 0.163. The third-order valence-electron chi connectivity index (χ3n) is 4.08. The Hall–Kier alpha value is -0.960. The molecule has 1 atom stereocenters. The molecule has 1 heterocycles. The summed E-state index contributed by atoms with van der Waals surface area (Å²) in [4.78, 5) is 2.45. The lowest BCUT2D eigenvalue weighted by atomic mass is 9.91. The van der Waals surface area contributed by atoms with Crippen LogP contribution in [0.3, 0.4) is 0 Å². The van der Waals surface area contributed by atoms with E-state index in [9.17, 15) is 8.78 Å². The van der Waals surface area contributed by atoms with E-state index in [1.54, 1.807) is 6.07 Å². The summed E-state index contributed by atoms with van der Waals surface area (Å²) in [5, 5.41) is 0. The summed E-state index contributed by atoms with van der Waals surface area (Å²) in [7, 11) is 0. The predicted octanol–water partition coefficient (Wildman–Crippen LogP) is 4.33. The van der Waals surface area contributed by atoms with Gasteiger partial charge in [0.1, 0.15) is 11.6 Å². The second-order valence-electron chi connectivity index (χ2n) is 6.45. The summed E-state index contributed by atoms with van der Waals surface area (Å²) in [5.41, 5.74) is 0.841. The molecule has 3 heteroatoms. The van der Waals surface area contributed by atoms with Crippen LogP contribution in [0.2, 0.25) is 0 Å². The van der Waals surface area contributed by atoms with Gasteiger partial charge in [-0.1, -0.05) is 6.07 Å². The van der Waals surface area contributed by atoms with Crippen molar-refractivity contribution in [3.8, 4) is 0 Å². The maximum absolute atomic E-state index is 13.8. The van der Waals surface area contributed by atoms with Crippen LogP contribution in [0.1, 0.15) is 51.5 Å². The Morgan fingerprint density at radius 3 is 2.47 bits per heavy atom. The fraction of sp³-hybridized carbons (Fsp3) is 0.625. The summed E-state index contributed by atoms with van der Waals surface area (Å²) in [5.74, 6) is -0.673. The molecular weight excluding hydrogens is 244 g/mol. The number of rotatable bonds is 1. The van der Waals surface area contributed by atoms with Gasteiger partial charge in [-0.05, 0) is 70.7 Å². The molecule has 1 aromatic rings. The van der Waals surface area contributed by atoms with E-state index in [4.69, 9.17) is 0 Å². The topological polar surface area (TPSA) is 3.24 Å². The lowest BCUT2D eigenvalue weighted by Gasteiger charge is -2.34. The molecular formula is C16H23F2N. The molecule has 1 nitrogen and oxygen atoms in total. The number of nitrogens with zero attached hydrogens (tertiary/aromatic N) is 1. The predicted molar refractivity (Wildman–Crippen MR) is 74.3 cm³/mol. The summed E-state index contributed by atoms with van der Waals surface area (Å²) < 4.78 is 26.8. The highest BCUT2D eigenvalue weighted by molar-refractivity contribution is 5.23. The fourth-order valence-corrected chi connectivity index (χ4v) is 2.91. The highest BCUT2D eigenvalue weighted by Gasteiger charge is 2.26. The number of benzene rings is 1. The Morgan fingerprint density at radius 2 is 1.84 bits per heavy atom. The van der Waals surface area contributed by atoms with Crippen molar-refractivity contribution in [2.24, 2.45) is 0 Å². The first-order valence-electron chi connectivity index (χ1n) is 7.08. The molecule has 0 N–H and O–H groups in total. The van der Waals surface area contributed by atoms with Gasteiger partial charge in [-0.15, -0.1) is 0 Å². The average Bonchev–Trinajstić information content (AvgIpc) is 2.54. The van der Waals surface area contributed by atoms with E-state index in [1.165, 1.54) is 6.07 Å². The zero-order valence-corrected chi connectivity index (χ0v) is 12.0. The quantitative estimate of drug-likeness (QED) is 0.732. The van der Waals surface area contributed by atoms with E-state index in [0.29, 0.717) is 5.56 Å². The molecule has 0 saturated carbocycles. The summed E-state index contributed by atoms with van der Waals surface area (Å²) in [6, 6.07) is 3.98. The van der Waals surface area contributed by atoms with Gasteiger partial charge in [0.15, 0.2) is 0 Å². The lowest BCUT2D eigenvalue weighted by Crippen LogP contribution is -2.41. The molecule has 2 rings (SSSR count). The van der Waals surface area contributed by atoms with Crippen LogP contribution in [0.25, 0.3) is 0 Å². The molecule has 1 unspecified atom stereocenters. The molecule has 1 aromatic carbocycles. The molecule has 1 fully saturated rings. The molecule has 19 heavy (non-hydrogen) atoms. The van der Waals surface area contributed by atoms with Gasteiger partial charge in [0.2, 0.25) is 0 Å². The fourth-order valence-electron chi connectivity index (χ4n) is 2.91. The molecule has 0 aliphatic carbocycles. The SMILES string of the molecule is CC(C)(C)N1CCCC(c2ccc(F)cc2F)CC1. The second kappa shape index (κ2) is 5.58. The first-order chi connectivity index (χ1) is 8.88. The summed E-state index contributed by atoms with van der Waals surface area (Å²) >= 11 is 0. The molecule has 0 aromatic heterocycles. The van der Waals surface area contributed by atoms with Gasteiger partial charge in [0, 0.05) is 11.6 Å². The molecule has 0 radical (unpaired) electrons. The van der Waals surface area contributed by atoms with E-state index in [2.05, 4.69) is 25.7 Å². The minimum Gasteiger partial charge on any atom is -0.298 e. The van der Waals surface area contributed by atoms with Crippen LogP contribution in [0.4, 0.5) is 8.78 Å². The maximum Gasteiger partial charge on any atom is 0.129 e. The van der Waals surface area contributed by atoms with Crippen LogP contribution in [0, 0.1) is 11.6 Å². The Labute approximate surface area is 114 Å². The van der Waals surface area contributed by atoms with Gasteiger partial charge in [0.05, 0.1) is 0 Å². The van der Waals surface area contributed by atoms with Crippen LogP contribution in [-0.4, -0.2) is 23.5 Å². The average molecular weight is 267 g/mol. The van der Waals surface area contributed by atoms with Crippen LogP contribution in [0.15, 0.2) is 18.2 Å². The van der Waals surface area contributed by atoms with E-state index in [-0.39, 0.29) is 11.5 Å². The molecule has 1 saturated heterocycles. The van der Waals surface area contributed by atoms with Crippen molar-refractivity contribution in [2.45, 2.75) is 51.5 Å². The zero-order valence-electron chi connectivity index (χ0n) is 12.0. The van der Waals surface area contributed by atoms with Crippen molar-refractivity contribution in [2.75, 3.05) is 13.1 Å². The zero-order chi connectivity index (χ0) is 14.0. The third kappa shape index (κ3) is 3.53. The van der Waals surface area contributed by atoms with E-state index in [1.807, 2.05) is 0 Å². The van der Waals surface area contributed by atoms with Crippen molar-refractivity contribution >= 4 is 0 Å². The van der Waals surface area contributed by atoms with Gasteiger partial charge in [0.25, 0.3) is 0 Å². The Bertz CT molecular complexity index is 437. The first-order valence-corrected chi connectivity index (χ1v) is 7.08. The molecule has 0 amide bonds. The van der Waals surface area contributed by atoms with Crippen LogP contribution >= 0.6 is 0 Å². The van der Waals surface area contributed by atoms with Crippen molar-refractivity contribution in [1.82, 2.24) is 4.90 Å². The smallest absolute Gasteiger partial charge is 0.129 e. The number of hydrogen-bond donors (Lipinski definition) is 0. The molecule has 106 valence electrons. The first kappa shape index (κ1) is 14.4.